The number of pyridine rings is 1. The number of benzene rings is 1. The molecule has 2 rings (SSSR count). The first-order chi connectivity index (χ1) is 9.20. The zero-order valence-corrected chi connectivity index (χ0v) is 12.8. The van der Waals surface area contributed by atoms with Gasteiger partial charge in [0.1, 0.15) is 5.60 Å². The number of halogens is 2. The number of fused-ring (bicyclic) bond motifs is 1. The van der Waals surface area contributed by atoms with Crippen LogP contribution in [0.3, 0.4) is 0 Å². The van der Waals surface area contributed by atoms with Crippen LogP contribution in [0.25, 0.3) is 10.9 Å². The molecule has 2 aromatic rings. The fourth-order valence-electron chi connectivity index (χ4n) is 1.70. The lowest BCUT2D eigenvalue weighted by atomic mass is 10.1. The van der Waals surface area contributed by atoms with Gasteiger partial charge in [-0.1, -0.05) is 23.2 Å². The molecule has 4 nitrogen and oxygen atoms in total. The van der Waals surface area contributed by atoms with Crippen LogP contribution in [0.1, 0.15) is 19.5 Å². The summed E-state index contributed by atoms with van der Waals surface area (Å²) >= 11 is 12.3. The fourth-order valence-corrected chi connectivity index (χ4v) is 2.26. The largest absolute Gasteiger partial charge is 0.381 e. The van der Waals surface area contributed by atoms with Gasteiger partial charge in [-0.05, 0) is 39.0 Å². The number of rotatable bonds is 2. The van der Waals surface area contributed by atoms with Crippen LogP contribution in [0.15, 0.2) is 18.2 Å². The molecule has 0 unspecified atom stereocenters. The summed E-state index contributed by atoms with van der Waals surface area (Å²) in [5.41, 5.74) is 0.107. The fraction of sp³-hybridized carbons (Fsp3) is 0.286. The highest BCUT2D eigenvalue weighted by atomic mass is 35.5. The van der Waals surface area contributed by atoms with E-state index in [0.717, 1.165) is 5.69 Å². The highest BCUT2D eigenvalue weighted by Crippen LogP contribution is 2.35. The number of carbonyl (C=O) groups excluding carboxylic acids is 1. The number of aliphatic hydroxyl groups is 1. The number of carbonyl (C=O) groups is 1. The molecule has 1 aromatic heterocycles. The molecule has 1 amide bonds. The molecule has 1 aromatic carbocycles. The van der Waals surface area contributed by atoms with Crippen LogP contribution >= 0.6 is 23.2 Å². The number of aryl methyl sites for hydroxylation is 1. The van der Waals surface area contributed by atoms with Crippen molar-refractivity contribution in [3.8, 4) is 0 Å². The molecule has 1 heterocycles. The quantitative estimate of drug-likeness (QED) is 0.891. The topological polar surface area (TPSA) is 62.2 Å². The predicted molar refractivity (Wildman–Crippen MR) is 81.4 cm³/mol. The molecule has 0 saturated heterocycles. The first-order valence-electron chi connectivity index (χ1n) is 5.99. The molecule has 6 heteroatoms. The third kappa shape index (κ3) is 2.87. The van der Waals surface area contributed by atoms with Crippen molar-refractivity contribution < 1.29 is 9.90 Å². The maximum absolute atomic E-state index is 11.9. The Labute approximate surface area is 126 Å². The van der Waals surface area contributed by atoms with E-state index in [2.05, 4.69) is 10.3 Å². The average molecular weight is 313 g/mol. The lowest BCUT2D eigenvalue weighted by molar-refractivity contribution is -0.130. The molecule has 0 bridgehead atoms. The van der Waals surface area contributed by atoms with Crippen molar-refractivity contribution in [3.63, 3.8) is 0 Å². The lowest BCUT2D eigenvalue weighted by Crippen LogP contribution is -2.36. The van der Waals surface area contributed by atoms with Crippen LogP contribution in [0.2, 0.25) is 10.0 Å². The van der Waals surface area contributed by atoms with Crippen molar-refractivity contribution in [2.45, 2.75) is 26.4 Å². The Morgan fingerprint density at radius 3 is 2.55 bits per heavy atom. The van der Waals surface area contributed by atoms with Gasteiger partial charge >= 0.3 is 0 Å². The molecule has 0 aliphatic rings. The van der Waals surface area contributed by atoms with Crippen molar-refractivity contribution in [2.75, 3.05) is 5.32 Å². The van der Waals surface area contributed by atoms with E-state index in [1.54, 1.807) is 6.07 Å². The molecule has 0 fully saturated rings. The second-order valence-corrected chi connectivity index (χ2v) is 5.89. The zero-order valence-electron chi connectivity index (χ0n) is 11.3. The number of nitrogens with one attached hydrogen (secondary N) is 1. The Kier molecular flexibility index (Phi) is 3.91. The summed E-state index contributed by atoms with van der Waals surface area (Å²) in [6.07, 6.45) is 0. The minimum absolute atomic E-state index is 0.276. The Morgan fingerprint density at radius 1 is 1.30 bits per heavy atom. The number of amides is 1. The SMILES string of the molecule is Cc1ccc2c(Cl)cc(Cl)c(NC(=O)C(C)(C)O)c2n1. The Hall–Kier alpha value is -1.36. The van der Waals surface area contributed by atoms with Gasteiger partial charge in [-0.25, -0.2) is 0 Å². The molecule has 0 aliphatic carbocycles. The van der Waals surface area contributed by atoms with E-state index in [-0.39, 0.29) is 5.02 Å². The molecule has 20 heavy (non-hydrogen) atoms. The molecule has 106 valence electrons. The van der Waals surface area contributed by atoms with Crippen LogP contribution in [0.4, 0.5) is 5.69 Å². The maximum Gasteiger partial charge on any atom is 0.255 e. The highest BCUT2D eigenvalue weighted by Gasteiger charge is 2.25. The second kappa shape index (κ2) is 5.20. The van der Waals surface area contributed by atoms with Gasteiger partial charge in [-0.2, -0.15) is 0 Å². The standard InChI is InChI=1S/C14H14Cl2N2O2/c1-7-4-5-8-9(15)6-10(16)12(11(8)17-7)18-13(19)14(2,3)20/h4-6,20H,1-3H3,(H,18,19). The average Bonchev–Trinajstić information content (AvgIpc) is 2.32. The van der Waals surface area contributed by atoms with Gasteiger partial charge in [-0.3, -0.25) is 9.78 Å². The van der Waals surface area contributed by atoms with Crippen LogP contribution < -0.4 is 5.32 Å². The Bertz CT molecular complexity index is 694. The van der Waals surface area contributed by atoms with E-state index < -0.39 is 11.5 Å². The molecular weight excluding hydrogens is 299 g/mol. The minimum Gasteiger partial charge on any atom is -0.381 e. The van der Waals surface area contributed by atoms with Crippen molar-refractivity contribution in [1.29, 1.82) is 0 Å². The number of nitrogens with zero attached hydrogens (tertiary/aromatic N) is 1. The minimum atomic E-state index is -1.51. The van der Waals surface area contributed by atoms with Crippen molar-refractivity contribution in [3.05, 3.63) is 33.9 Å². The number of hydrogen-bond donors (Lipinski definition) is 2. The van der Waals surface area contributed by atoms with Crippen LogP contribution in [-0.2, 0) is 4.79 Å². The van der Waals surface area contributed by atoms with E-state index in [0.29, 0.717) is 21.6 Å². The Morgan fingerprint density at radius 2 is 1.95 bits per heavy atom. The van der Waals surface area contributed by atoms with Gasteiger partial charge < -0.3 is 10.4 Å². The van der Waals surface area contributed by atoms with E-state index >= 15 is 0 Å². The third-order valence-electron chi connectivity index (χ3n) is 2.82. The summed E-state index contributed by atoms with van der Waals surface area (Å²) in [5.74, 6) is -0.564. The van der Waals surface area contributed by atoms with Gasteiger partial charge in [-0.15, -0.1) is 0 Å². The molecular formula is C14H14Cl2N2O2. The van der Waals surface area contributed by atoms with Crippen LogP contribution in [-0.4, -0.2) is 21.6 Å². The second-order valence-electron chi connectivity index (χ2n) is 5.08. The van der Waals surface area contributed by atoms with Gasteiger partial charge in [0, 0.05) is 11.1 Å². The molecule has 0 atom stereocenters. The first kappa shape index (κ1) is 15.0. The summed E-state index contributed by atoms with van der Waals surface area (Å²) in [5, 5.41) is 13.7. The normalized spacial score (nSPS) is 11.7. The lowest BCUT2D eigenvalue weighted by Gasteiger charge is -2.18. The number of anilines is 1. The van der Waals surface area contributed by atoms with Crippen LogP contribution in [0.5, 0.6) is 0 Å². The van der Waals surface area contributed by atoms with Crippen molar-refractivity contribution >= 4 is 45.7 Å². The predicted octanol–water partition coefficient (Wildman–Crippen LogP) is 3.56. The molecule has 0 spiro atoms. The van der Waals surface area contributed by atoms with E-state index in [1.807, 2.05) is 19.1 Å². The van der Waals surface area contributed by atoms with Gasteiger partial charge in [0.15, 0.2) is 0 Å². The molecule has 0 radical (unpaired) electrons. The monoisotopic (exact) mass is 312 g/mol. The van der Waals surface area contributed by atoms with Gasteiger partial charge in [0.2, 0.25) is 0 Å². The summed E-state index contributed by atoms with van der Waals surface area (Å²) < 4.78 is 0. The van der Waals surface area contributed by atoms with Gasteiger partial charge in [0.05, 0.1) is 21.2 Å². The van der Waals surface area contributed by atoms with Crippen molar-refractivity contribution in [2.24, 2.45) is 0 Å². The summed E-state index contributed by atoms with van der Waals surface area (Å²) in [6, 6.07) is 5.18. The highest BCUT2D eigenvalue weighted by molar-refractivity contribution is 6.41. The first-order valence-corrected chi connectivity index (χ1v) is 6.75. The van der Waals surface area contributed by atoms with E-state index in [1.165, 1.54) is 13.8 Å². The summed E-state index contributed by atoms with van der Waals surface area (Å²) in [6.45, 7) is 4.62. The number of aromatic nitrogens is 1. The molecule has 0 saturated carbocycles. The smallest absolute Gasteiger partial charge is 0.255 e. The summed E-state index contributed by atoms with van der Waals surface area (Å²) in [7, 11) is 0. The van der Waals surface area contributed by atoms with E-state index in [9.17, 15) is 9.90 Å². The van der Waals surface area contributed by atoms with Crippen LogP contribution in [0, 0.1) is 6.92 Å². The molecule has 2 N–H and O–H groups in total. The maximum atomic E-state index is 11.9. The van der Waals surface area contributed by atoms with E-state index in [4.69, 9.17) is 23.2 Å². The number of hydrogen-bond acceptors (Lipinski definition) is 3. The van der Waals surface area contributed by atoms with Gasteiger partial charge in [0.25, 0.3) is 5.91 Å². The zero-order chi connectivity index (χ0) is 15.1. The molecule has 0 aliphatic heterocycles. The summed E-state index contributed by atoms with van der Waals surface area (Å²) in [4.78, 5) is 16.3. The third-order valence-corrected chi connectivity index (χ3v) is 3.43. The Balaban J connectivity index is 2.63. The van der Waals surface area contributed by atoms with Crippen molar-refractivity contribution in [1.82, 2.24) is 4.98 Å².